The zero-order valence-corrected chi connectivity index (χ0v) is 13.2. The minimum absolute atomic E-state index is 0.217. The Morgan fingerprint density at radius 3 is 2.63 bits per heavy atom. The predicted octanol–water partition coefficient (Wildman–Crippen LogP) is 2.52. The second kappa shape index (κ2) is 5.43. The van der Waals surface area contributed by atoms with Gasteiger partial charge in [0, 0.05) is 32.1 Å². The van der Waals surface area contributed by atoms with Crippen molar-refractivity contribution in [1.82, 2.24) is 10.2 Å². The lowest BCUT2D eigenvalue weighted by Crippen LogP contribution is -2.41. The van der Waals surface area contributed by atoms with E-state index in [9.17, 15) is 4.79 Å². The standard InChI is InChI=1S/C16H30N2O/c1-6-14-13-9-17-8-12(13)10-18(14)15(19)7-11(2)16(3,4)5/h11-14,17H,6-10H2,1-5H3. The zero-order chi connectivity index (χ0) is 14.2. The van der Waals surface area contributed by atoms with Gasteiger partial charge in [-0.1, -0.05) is 34.6 Å². The number of rotatable bonds is 3. The normalized spacial score (nSPS) is 32.5. The van der Waals surface area contributed by atoms with E-state index >= 15 is 0 Å². The van der Waals surface area contributed by atoms with Crippen molar-refractivity contribution in [3.05, 3.63) is 0 Å². The van der Waals surface area contributed by atoms with Gasteiger partial charge in [0.25, 0.3) is 0 Å². The molecule has 2 heterocycles. The largest absolute Gasteiger partial charge is 0.339 e. The minimum Gasteiger partial charge on any atom is -0.339 e. The highest BCUT2D eigenvalue weighted by atomic mass is 16.2. The van der Waals surface area contributed by atoms with Crippen LogP contribution in [0.1, 0.15) is 47.5 Å². The van der Waals surface area contributed by atoms with E-state index < -0.39 is 0 Å². The van der Waals surface area contributed by atoms with Crippen molar-refractivity contribution in [1.29, 1.82) is 0 Å². The van der Waals surface area contributed by atoms with Crippen LogP contribution in [0.25, 0.3) is 0 Å². The maximum atomic E-state index is 12.6. The average Bonchev–Trinajstić information content (AvgIpc) is 2.86. The summed E-state index contributed by atoms with van der Waals surface area (Å²) >= 11 is 0. The Morgan fingerprint density at radius 2 is 2.05 bits per heavy atom. The molecule has 3 heteroatoms. The van der Waals surface area contributed by atoms with E-state index in [0.29, 0.717) is 36.1 Å². The second-order valence-corrected chi connectivity index (χ2v) is 7.58. The van der Waals surface area contributed by atoms with Crippen LogP contribution in [0.5, 0.6) is 0 Å². The summed E-state index contributed by atoms with van der Waals surface area (Å²) in [7, 11) is 0. The molecule has 0 aromatic carbocycles. The van der Waals surface area contributed by atoms with Gasteiger partial charge in [-0.05, 0) is 29.6 Å². The van der Waals surface area contributed by atoms with Gasteiger partial charge in [-0.25, -0.2) is 0 Å². The smallest absolute Gasteiger partial charge is 0.223 e. The molecule has 2 saturated heterocycles. The summed E-state index contributed by atoms with van der Waals surface area (Å²) in [4.78, 5) is 14.8. The summed E-state index contributed by atoms with van der Waals surface area (Å²) in [6, 6.07) is 0.472. The highest BCUT2D eigenvalue weighted by molar-refractivity contribution is 5.77. The number of nitrogens with zero attached hydrogens (tertiary/aromatic N) is 1. The van der Waals surface area contributed by atoms with Crippen LogP contribution in [0.4, 0.5) is 0 Å². The number of carbonyl (C=O) groups excluding carboxylic acids is 1. The summed E-state index contributed by atoms with van der Waals surface area (Å²) in [5, 5.41) is 3.48. The molecule has 0 aromatic rings. The Hall–Kier alpha value is -0.570. The summed E-state index contributed by atoms with van der Waals surface area (Å²) in [5.41, 5.74) is 0.217. The van der Waals surface area contributed by atoms with Crippen LogP contribution in [-0.4, -0.2) is 36.5 Å². The van der Waals surface area contributed by atoms with Crippen molar-refractivity contribution in [3.8, 4) is 0 Å². The summed E-state index contributed by atoms with van der Waals surface area (Å²) in [6.45, 7) is 14.3. The molecule has 4 atom stereocenters. The van der Waals surface area contributed by atoms with Gasteiger partial charge in [-0.3, -0.25) is 4.79 Å². The number of amides is 1. The molecular weight excluding hydrogens is 236 g/mol. The van der Waals surface area contributed by atoms with Crippen molar-refractivity contribution in [2.24, 2.45) is 23.2 Å². The molecule has 2 fully saturated rings. The van der Waals surface area contributed by atoms with E-state index in [1.165, 1.54) is 0 Å². The van der Waals surface area contributed by atoms with Gasteiger partial charge < -0.3 is 10.2 Å². The first-order chi connectivity index (χ1) is 8.84. The topological polar surface area (TPSA) is 32.3 Å². The Morgan fingerprint density at radius 1 is 1.37 bits per heavy atom. The van der Waals surface area contributed by atoms with Crippen LogP contribution >= 0.6 is 0 Å². The van der Waals surface area contributed by atoms with Crippen LogP contribution in [0, 0.1) is 23.2 Å². The number of nitrogens with one attached hydrogen (secondary N) is 1. The molecule has 0 radical (unpaired) electrons. The van der Waals surface area contributed by atoms with Gasteiger partial charge in [-0.15, -0.1) is 0 Å². The molecule has 0 bridgehead atoms. The van der Waals surface area contributed by atoms with Gasteiger partial charge >= 0.3 is 0 Å². The Balaban J connectivity index is 1.99. The van der Waals surface area contributed by atoms with Crippen molar-refractivity contribution in [3.63, 3.8) is 0 Å². The Labute approximate surface area is 118 Å². The van der Waals surface area contributed by atoms with Crippen LogP contribution in [0.2, 0.25) is 0 Å². The molecule has 1 amide bonds. The zero-order valence-electron chi connectivity index (χ0n) is 13.2. The number of likely N-dealkylation sites (tertiary alicyclic amines) is 1. The van der Waals surface area contributed by atoms with Crippen LogP contribution < -0.4 is 5.32 Å². The molecule has 0 spiro atoms. The lowest BCUT2D eigenvalue weighted by Gasteiger charge is -2.31. The lowest BCUT2D eigenvalue weighted by atomic mass is 9.80. The van der Waals surface area contributed by atoms with E-state index in [1.54, 1.807) is 0 Å². The molecular formula is C16H30N2O. The minimum atomic E-state index is 0.217. The first kappa shape index (κ1) is 14.8. The molecule has 2 aliphatic heterocycles. The number of carbonyl (C=O) groups is 1. The summed E-state index contributed by atoms with van der Waals surface area (Å²) < 4.78 is 0. The van der Waals surface area contributed by atoms with E-state index in [4.69, 9.17) is 0 Å². The molecule has 3 nitrogen and oxygen atoms in total. The fraction of sp³-hybridized carbons (Fsp3) is 0.938. The molecule has 4 unspecified atom stereocenters. The van der Waals surface area contributed by atoms with Crippen molar-refractivity contribution in [2.75, 3.05) is 19.6 Å². The van der Waals surface area contributed by atoms with Gasteiger partial charge in [0.05, 0.1) is 0 Å². The second-order valence-electron chi connectivity index (χ2n) is 7.58. The lowest BCUT2D eigenvalue weighted by molar-refractivity contribution is -0.134. The maximum Gasteiger partial charge on any atom is 0.223 e. The Bertz CT molecular complexity index is 334. The van der Waals surface area contributed by atoms with Gasteiger partial charge in [0.1, 0.15) is 0 Å². The fourth-order valence-corrected chi connectivity index (χ4v) is 3.52. The Kier molecular flexibility index (Phi) is 4.24. The quantitative estimate of drug-likeness (QED) is 0.851. The van der Waals surface area contributed by atoms with Crippen molar-refractivity contribution < 1.29 is 4.79 Å². The van der Waals surface area contributed by atoms with Crippen LogP contribution in [-0.2, 0) is 4.79 Å². The molecule has 1 N–H and O–H groups in total. The van der Waals surface area contributed by atoms with Crippen molar-refractivity contribution >= 4 is 5.91 Å². The number of hydrogen-bond donors (Lipinski definition) is 1. The van der Waals surface area contributed by atoms with E-state index in [2.05, 4.69) is 44.8 Å². The molecule has 2 rings (SSSR count). The van der Waals surface area contributed by atoms with Crippen LogP contribution in [0.3, 0.4) is 0 Å². The van der Waals surface area contributed by atoms with E-state index in [1.807, 2.05) is 0 Å². The van der Waals surface area contributed by atoms with Gasteiger partial charge in [0.2, 0.25) is 5.91 Å². The third kappa shape index (κ3) is 2.96. The average molecular weight is 266 g/mol. The SMILES string of the molecule is CCC1C2CNCC2CN1C(=O)CC(C)C(C)(C)C. The van der Waals surface area contributed by atoms with Gasteiger partial charge in [0.15, 0.2) is 0 Å². The third-order valence-electron chi connectivity index (χ3n) is 5.42. The number of fused-ring (bicyclic) bond motifs is 1. The molecule has 0 aliphatic carbocycles. The molecule has 2 aliphatic rings. The van der Waals surface area contributed by atoms with Crippen LogP contribution in [0.15, 0.2) is 0 Å². The third-order valence-corrected chi connectivity index (χ3v) is 5.42. The van der Waals surface area contributed by atoms with Crippen molar-refractivity contribution in [2.45, 2.75) is 53.5 Å². The number of hydrogen-bond acceptors (Lipinski definition) is 2. The summed E-state index contributed by atoms with van der Waals surface area (Å²) in [6.07, 6.45) is 1.80. The predicted molar refractivity (Wildman–Crippen MR) is 78.9 cm³/mol. The molecule has 110 valence electrons. The summed E-state index contributed by atoms with van der Waals surface area (Å²) in [5.74, 6) is 2.21. The van der Waals surface area contributed by atoms with Gasteiger partial charge in [-0.2, -0.15) is 0 Å². The van der Waals surface area contributed by atoms with E-state index in [-0.39, 0.29) is 5.41 Å². The molecule has 19 heavy (non-hydrogen) atoms. The first-order valence-electron chi connectivity index (χ1n) is 7.84. The highest BCUT2D eigenvalue weighted by Crippen LogP contribution is 2.36. The monoisotopic (exact) mass is 266 g/mol. The molecule has 0 aromatic heterocycles. The van der Waals surface area contributed by atoms with E-state index in [0.717, 1.165) is 26.1 Å². The molecule has 0 saturated carbocycles. The first-order valence-corrected chi connectivity index (χ1v) is 7.84. The maximum absolute atomic E-state index is 12.6. The highest BCUT2D eigenvalue weighted by Gasteiger charge is 2.45. The fourth-order valence-electron chi connectivity index (χ4n) is 3.52.